The Labute approximate surface area is 112 Å². The number of nitrogens with zero attached hydrogens (tertiary/aromatic N) is 3. The number of aromatic nitrogens is 2. The van der Waals surface area contributed by atoms with Gasteiger partial charge in [0, 0.05) is 25.3 Å². The summed E-state index contributed by atoms with van der Waals surface area (Å²) in [6.45, 7) is 5.10. The summed E-state index contributed by atoms with van der Waals surface area (Å²) in [7, 11) is 2.09. The average Bonchev–Trinajstić information content (AvgIpc) is 2.83. The number of ether oxygens (including phenoxy) is 1. The molecule has 2 fully saturated rings. The van der Waals surface area contributed by atoms with Crippen LogP contribution < -0.4 is 0 Å². The number of likely N-dealkylation sites (tertiary alicyclic amines) is 1. The van der Waals surface area contributed by atoms with Crippen molar-refractivity contribution in [1.29, 1.82) is 0 Å². The number of nitrogens with one attached hydrogen (secondary N) is 1. The lowest BCUT2D eigenvalue weighted by Gasteiger charge is -2.46. The Morgan fingerprint density at radius 2 is 2.37 bits per heavy atom. The predicted molar refractivity (Wildman–Crippen MR) is 70.0 cm³/mol. The van der Waals surface area contributed by atoms with Crippen LogP contribution in [-0.4, -0.2) is 71.3 Å². The minimum atomic E-state index is 0.0693. The molecule has 0 aromatic carbocycles. The second-order valence-electron chi connectivity index (χ2n) is 5.43. The van der Waals surface area contributed by atoms with E-state index in [-0.39, 0.29) is 18.1 Å². The van der Waals surface area contributed by atoms with Gasteiger partial charge in [-0.2, -0.15) is 5.10 Å². The first-order chi connectivity index (χ1) is 9.16. The number of fused-ring (bicyclic) bond motifs is 1. The van der Waals surface area contributed by atoms with Crippen molar-refractivity contribution < 1.29 is 9.53 Å². The van der Waals surface area contributed by atoms with Crippen molar-refractivity contribution in [3.63, 3.8) is 0 Å². The number of likely N-dealkylation sites (N-methyl/N-ethyl adjacent to an activating group) is 1. The minimum absolute atomic E-state index is 0.0693. The van der Waals surface area contributed by atoms with Crippen LogP contribution in [0.1, 0.15) is 22.5 Å². The highest BCUT2D eigenvalue weighted by molar-refractivity contribution is 5.95. The zero-order valence-corrected chi connectivity index (χ0v) is 11.4. The molecule has 0 saturated carbocycles. The quantitative estimate of drug-likeness (QED) is 0.790. The molecule has 3 heterocycles. The molecule has 1 aromatic rings. The molecule has 19 heavy (non-hydrogen) atoms. The first kappa shape index (κ1) is 12.6. The Hall–Kier alpha value is -1.40. The van der Waals surface area contributed by atoms with Gasteiger partial charge in [0.15, 0.2) is 0 Å². The fourth-order valence-corrected chi connectivity index (χ4v) is 3.00. The van der Waals surface area contributed by atoms with Crippen molar-refractivity contribution in [3.8, 4) is 0 Å². The molecule has 3 rings (SSSR count). The molecule has 0 radical (unpaired) electrons. The highest BCUT2D eigenvalue weighted by Gasteiger charge is 2.39. The summed E-state index contributed by atoms with van der Waals surface area (Å²) in [5.74, 6) is 0.0693. The Bertz CT molecular complexity index is 473. The van der Waals surface area contributed by atoms with Crippen LogP contribution in [0.2, 0.25) is 0 Å². The zero-order chi connectivity index (χ0) is 13.4. The van der Waals surface area contributed by atoms with E-state index in [0.717, 1.165) is 25.2 Å². The zero-order valence-electron chi connectivity index (χ0n) is 11.4. The van der Waals surface area contributed by atoms with Crippen molar-refractivity contribution in [2.24, 2.45) is 0 Å². The second-order valence-corrected chi connectivity index (χ2v) is 5.43. The number of amides is 1. The van der Waals surface area contributed by atoms with E-state index in [1.807, 2.05) is 11.8 Å². The molecule has 0 bridgehead atoms. The van der Waals surface area contributed by atoms with Crippen LogP contribution in [0.4, 0.5) is 0 Å². The van der Waals surface area contributed by atoms with Gasteiger partial charge < -0.3 is 14.5 Å². The van der Waals surface area contributed by atoms with Gasteiger partial charge in [0.05, 0.1) is 30.5 Å². The van der Waals surface area contributed by atoms with Crippen LogP contribution in [0.15, 0.2) is 6.20 Å². The number of carbonyl (C=O) groups is 1. The fourth-order valence-electron chi connectivity index (χ4n) is 3.00. The third-order valence-electron chi connectivity index (χ3n) is 4.11. The van der Waals surface area contributed by atoms with Crippen LogP contribution in [0.5, 0.6) is 0 Å². The van der Waals surface area contributed by atoms with E-state index in [1.165, 1.54) is 0 Å². The minimum Gasteiger partial charge on any atom is -0.374 e. The van der Waals surface area contributed by atoms with E-state index in [4.69, 9.17) is 4.74 Å². The summed E-state index contributed by atoms with van der Waals surface area (Å²) in [4.78, 5) is 16.9. The molecule has 1 aromatic heterocycles. The maximum atomic E-state index is 12.6. The lowest BCUT2D eigenvalue weighted by Crippen LogP contribution is -2.60. The SMILES string of the molecule is Cc1[nH]ncc1C(=O)N1CCO[C@@H]2CCN(C)C[C@@H]21. The van der Waals surface area contributed by atoms with E-state index >= 15 is 0 Å². The fraction of sp³-hybridized carbons (Fsp3) is 0.692. The molecule has 0 spiro atoms. The lowest BCUT2D eigenvalue weighted by atomic mass is 9.98. The molecule has 2 saturated heterocycles. The Balaban J connectivity index is 1.82. The number of morpholine rings is 1. The number of carbonyl (C=O) groups excluding carboxylic acids is 1. The summed E-state index contributed by atoms with van der Waals surface area (Å²) in [6.07, 6.45) is 2.80. The van der Waals surface area contributed by atoms with E-state index in [0.29, 0.717) is 18.7 Å². The topological polar surface area (TPSA) is 61.5 Å². The van der Waals surface area contributed by atoms with Gasteiger partial charge in [-0.15, -0.1) is 0 Å². The van der Waals surface area contributed by atoms with Crippen molar-refractivity contribution in [2.75, 3.05) is 33.3 Å². The third-order valence-corrected chi connectivity index (χ3v) is 4.11. The number of piperidine rings is 1. The van der Waals surface area contributed by atoms with Crippen LogP contribution in [0.25, 0.3) is 0 Å². The standard InChI is InChI=1S/C13H20N4O2/c1-9-10(7-14-15-9)13(18)17-5-6-19-12-3-4-16(2)8-11(12)17/h7,11-12H,3-6,8H2,1-2H3,(H,14,15)/t11-,12+/m0/s1. The van der Waals surface area contributed by atoms with Gasteiger partial charge in [0.25, 0.3) is 5.91 Å². The number of aryl methyl sites for hydroxylation is 1. The van der Waals surface area contributed by atoms with E-state index in [9.17, 15) is 4.79 Å². The molecule has 0 aliphatic carbocycles. The van der Waals surface area contributed by atoms with Crippen LogP contribution in [-0.2, 0) is 4.74 Å². The molecule has 6 heteroatoms. The molecule has 1 N–H and O–H groups in total. The number of aromatic amines is 1. The maximum absolute atomic E-state index is 12.6. The third kappa shape index (κ3) is 2.26. The molecular weight excluding hydrogens is 244 g/mol. The molecule has 2 atom stereocenters. The van der Waals surface area contributed by atoms with E-state index < -0.39 is 0 Å². The average molecular weight is 264 g/mol. The number of hydrogen-bond acceptors (Lipinski definition) is 4. The number of hydrogen-bond donors (Lipinski definition) is 1. The van der Waals surface area contributed by atoms with Gasteiger partial charge in [-0.1, -0.05) is 0 Å². The highest BCUT2D eigenvalue weighted by atomic mass is 16.5. The predicted octanol–water partition coefficient (Wildman–Crippen LogP) is 0.263. The van der Waals surface area contributed by atoms with Gasteiger partial charge in [-0.3, -0.25) is 9.89 Å². The molecule has 2 aliphatic rings. The smallest absolute Gasteiger partial charge is 0.257 e. The van der Waals surface area contributed by atoms with E-state index in [1.54, 1.807) is 6.20 Å². The summed E-state index contributed by atoms with van der Waals surface area (Å²) >= 11 is 0. The van der Waals surface area contributed by atoms with Crippen LogP contribution >= 0.6 is 0 Å². The number of H-pyrrole nitrogens is 1. The monoisotopic (exact) mass is 264 g/mol. The summed E-state index contributed by atoms with van der Waals surface area (Å²) in [5, 5.41) is 6.77. The molecule has 1 amide bonds. The van der Waals surface area contributed by atoms with Gasteiger partial charge in [0.1, 0.15) is 0 Å². The second kappa shape index (κ2) is 4.94. The van der Waals surface area contributed by atoms with Gasteiger partial charge in [0.2, 0.25) is 0 Å². The van der Waals surface area contributed by atoms with Gasteiger partial charge >= 0.3 is 0 Å². The van der Waals surface area contributed by atoms with E-state index in [2.05, 4.69) is 22.1 Å². The largest absolute Gasteiger partial charge is 0.374 e. The van der Waals surface area contributed by atoms with Crippen molar-refractivity contribution >= 4 is 5.91 Å². The Kier molecular flexibility index (Phi) is 3.28. The summed E-state index contributed by atoms with van der Waals surface area (Å²) in [6, 6.07) is 0.161. The molecular formula is C13H20N4O2. The first-order valence-electron chi connectivity index (χ1n) is 6.78. The van der Waals surface area contributed by atoms with Crippen molar-refractivity contribution in [3.05, 3.63) is 17.5 Å². The highest BCUT2D eigenvalue weighted by Crippen LogP contribution is 2.24. The Morgan fingerprint density at radius 1 is 1.53 bits per heavy atom. The molecule has 2 aliphatic heterocycles. The molecule has 6 nitrogen and oxygen atoms in total. The van der Waals surface area contributed by atoms with Crippen LogP contribution in [0, 0.1) is 6.92 Å². The molecule has 104 valence electrons. The van der Waals surface area contributed by atoms with Crippen molar-refractivity contribution in [1.82, 2.24) is 20.0 Å². The number of rotatable bonds is 1. The van der Waals surface area contributed by atoms with Crippen molar-refractivity contribution in [2.45, 2.75) is 25.5 Å². The first-order valence-corrected chi connectivity index (χ1v) is 6.78. The maximum Gasteiger partial charge on any atom is 0.257 e. The normalized spacial score (nSPS) is 28.2. The summed E-state index contributed by atoms with van der Waals surface area (Å²) < 4.78 is 5.81. The Morgan fingerprint density at radius 3 is 3.11 bits per heavy atom. The van der Waals surface area contributed by atoms with Gasteiger partial charge in [-0.05, 0) is 20.4 Å². The molecule has 0 unspecified atom stereocenters. The van der Waals surface area contributed by atoms with Gasteiger partial charge in [-0.25, -0.2) is 0 Å². The lowest BCUT2D eigenvalue weighted by molar-refractivity contribution is -0.0870. The van der Waals surface area contributed by atoms with Crippen LogP contribution in [0.3, 0.4) is 0 Å². The summed E-state index contributed by atoms with van der Waals surface area (Å²) in [5.41, 5.74) is 1.51.